The predicted octanol–water partition coefficient (Wildman–Crippen LogP) is 5.21. The quantitative estimate of drug-likeness (QED) is 0.667. The van der Waals surface area contributed by atoms with E-state index in [-0.39, 0.29) is 18.5 Å². The van der Waals surface area contributed by atoms with Gasteiger partial charge in [0.15, 0.2) is 0 Å². The lowest BCUT2D eigenvalue weighted by molar-refractivity contribution is -0.137. The smallest absolute Gasteiger partial charge is 0.293 e. The topological polar surface area (TPSA) is 35.5 Å². The maximum absolute atomic E-state index is 13.9. The molecule has 1 aliphatic carbocycles. The highest BCUT2D eigenvalue weighted by Crippen LogP contribution is 2.44. The molecule has 0 unspecified atom stereocenters. The Morgan fingerprint density at radius 3 is 2.73 bits per heavy atom. The van der Waals surface area contributed by atoms with E-state index >= 15 is 0 Å². The van der Waals surface area contributed by atoms with Crippen LogP contribution < -0.4 is 4.74 Å². The fourth-order valence-electron chi connectivity index (χ4n) is 3.98. The highest BCUT2D eigenvalue weighted by atomic mass is 19.1. The van der Waals surface area contributed by atoms with Crippen LogP contribution in [-0.2, 0) is 22.6 Å². The van der Waals surface area contributed by atoms with Gasteiger partial charge in [0.25, 0.3) is 6.47 Å². The van der Waals surface area contributed by atoms with Crippen molar-refractivity contribution in [1.29, 1.82) is 0 Å². The number of carbonyl (C=O) groups is 1. The average Bonchev–Trinajstić information content (AvgIpc) is 2.64. The first-order chi connectivity index (χ1) is 12.6. The van der Waals surface area contributed by atoms with Gasteiger partial charge < -0.3 is 9.47 Å². The van der Waals surface area contributed by atoms with Crippen LogP contribution in [-0.4, -0.2) is 6.47 Å². The molecular weight excluding hydrogens is 331 g/mol. The van der Waals surface area contributed by atoms with Crippen LogP contribution in [0.4, 0.5) is 4.39 Å². The van der Waals surface area contributed by atoms with Gasteiger partial charge in [-0.25, -0.2) is 4.39 Å². The van der Waals surface area contributed by atoms with Crippen molar-refractivity contribution < 1.29 is 18.7 Å². The Bertz CT molecular complexity index is 800. The molecule has 0 fully saturated rings. The molecule has 0 aliphatic heterocycles. The molecule has 138 valence electrons. The maximum Gasteiger partial charge on any atom is 0.293 e. The molecule has 3 rings (SSSR count). The van der Waals surface area contributed by atoms with Crippen LogP contribution in [0.5, 0.6) is 5.75 Å². The van der Waals surface area contributed by atoms with E-state index in [1.807, 2.05) is 13.0 Å². The molecule has 2 aromatic rings. The van der Waals surface area contributed by atoms with Gasteiger partial charge in [-0.3, -0.25) is 4.79 Å². The summed E-state index contributed by atoms with van der Waals surface area (Å²) in [4.78, 5) is 11.1. The molecule has 2 atom stereocenters. The Hall–Kier alpha value is -2.36. The summed E-state index contributed by atoms with van der Waals surface area (Å²) in [5.41, 5.74) is 4.94. The minimum absolute atomic E-state index is 0.169. The van der Waals surface area contributed by atoms with Crippen molar-refractivity contribution in [2.45, 2.75) is 52.7 Å². The lowest BCUT2D eigenvalue weighted by Crippen LogP contribution is -2.24. The second-order valence-electron chi connectivity index (χ2n) is 6.95. The molecule has 0 bridgehead atoms. The molecule has 0 saturated carbocycles. The zero-order valence-electron chi connectivity index (χ0n) is 15.5. The fourth-order valence-corrected chi connectivity index (χ4v) is 3.98. The Morgan fingerprint density at radius 1 is 1.27 bits per heavy atom. The van der Waals surface area contributed by atoms with E-state index in [1.165, 1.54) is 11.6 Å². The number of rotatable bonds is 6. The number of benzene rings is 2. The van der Waals surface area contributed by atoms with Gasteiger partial charge in [-0.05, 0) is 61.9 Å². The zero-order valence-corrected chi connectivity index (χ0v) is 15.5. The monoisotopic (exact) mass is 356 g/mol. The van der Waals surface area contributed by atoms with E-state index in [9.17, 15) is 9.18 Å². The summed E-state index contributed by atoms with van der Waals surface area (Å²) in [6, 6.07) is 8.63. The van der Waals surface area contributed by atoms with Crippen LogP contribution in [0.15, 0.2) is 30.3 Å². The van der Waals surface area contributed by atoms with Crippen molar-refractivity contribution in [1.82, 2.24) is 0 Å². The van der Waals surface area contributed by atoms with Gasteiger partial charge in [0.05, 0.1) is 0 Å². The van der Waals surface area contributed by atoms with Crippen LogP contribution in [0.25, 0.3) is 0 Å². The van der Waals surface area contributed by atoms with Crippen LogP contribution in [0.2, 0.25) is 0 Å². The van der Waals surface area contributed by atoms with E-state index in [2.05, 4.69) is 13.8 Å². The second-order valence-corrected chi connectivity index (χ2v) is 6.95. The molecule has 0 N–H and O–H groups in total. The first kappa shape index (κ1) is 18.4. The van der Waals surface area contributed by atoms with Crippen molar-refractivity contribution in [2.75, 3.05) is 0 Å². The molecule has 0 saturated heterocycles. The summed E-state index contributed by atoms with van der Waals surface area (Å²) >= 11 is 0. The molecule has 1 aliphatic rings. The molecular formula is C22H25FO3. The van der Waals surface area contributed by atoms with Crippen molar-refractivity contribution in [3.05, 3.63) is 64.0 Å². The summed E-state index contributed by atoms with van der Waals surface area (Å²) < 4.78 is 25.3. The van der Waals surface area contributed by atoms with Crippen molar-refractivity contribution in [3.8, 4) is 5.75 Å². The molecule has 26 heavy (non-hydrogen) atoms. The minimum atomic E-state index is -0.270. The summed E-state index contributed by atoms with van der Waals surface area (Å²) in [6.07, 6.45) is 2.71. The Kier molecular flexibility index (Phi) is 5.60. The summed E-state index contributed by atoms with van der Waals surface area (Å²) in [5.74, 6) is 0.765. The molecule has 0 aromatic heterocycles. The van der Waals surface area contributed by atoms with Gasteiger partial charge in [0.1, 0.15) is 24.3 Å². The van der Waals surface area contributed by atoms with Gasteiger partial charge in [-0.1, -0.05) is 25.1 Å². The number of fused-ring (bicyclic) bond motifs is 1. The maximum atomic E-state index is 13.9. The third-order valence-electron chi connectivity index (χ3n) is 5.47. The summed E-state index contributed by atoms with van der Waals surface area (Å²) in [6.45, 7) is 6.89. The summed E-state index contributed by atoms with van der Waals surface area (Å²) in [7, 11) is 0. The first-order valence-electron chi connectivity index (χ1n) is 9.15. The van der Waals surface area contributed by atoms with Crippen LogP contribution in [0.1, 0.15) is 53.7 Å². The van der Waals surface area contributed by atoms with Crippen molar-refractivity contribution in [2.24, 2.45) is 5.92 Å². The highest BCUT2D eigenvalue weighted by Gasteiger charge is 2.33. The van der Waals surface area contributed by atoms with Gasteiger partial charge in [-0.2, -0.15) is 0 Å². The highest BCUT2D eigenvalue weighted by molar-refractivity contribution is 5.52. The van der Waals surface area contributed by atoms with Crippen LogP contribution in [0.3, 0.4) is 0 Å². The van der Waals surface area contributed by atoms with Gasteiger partial charge >= 0.3 is 0 Å². The Labute approximate surface area is 154 Å². The lowest BCUT2D eigenvalue weighted by atomic mass is 9.76. The van der Waals surface area contributed by atoms with Crippen LogP contribution in [0, 0.1) is 25.6 Å². The number of ether oxygens (including phenoxy) is 2. The van der Waals surface area contributed by atoms with Crippen molar-refractivity contribution in [3.63, 3.8) is 0 Å². The first-order valence-corrected chi connectivity index (χ1v) is 9.15. The van der Waals surface area contributed by atoms with Crippen molar-refractivity contribution >= 4 is 6.47 Å². The number of carbonyl (C=O) groups excluding carboxylic acids is 1. The minimum Gasteiger partial charge on any atom is -0.489 e. The molecule has 2 aromatic carbocycles. The van der Waals surface area contributed by atoms with Gasteiger partial charge in [0.2, 0.25) is 0 Å². The third kappa shape index (κ3) is 3.46. The SMILES string of the molecule is CC[C@@H]1CCc2c(C)cc(OCc3ccccc3F)c(C)c2[C@@H]1OC=O. The van der Waals surface area contributed by atoms with E-state index in [0.29, 0.717) is 18.0 Å². The largest absolute Gasteiger partial charge is 0.489 e. The Balaban J connectivity index is 1.96. The number of hydrogen-bond acceptors (Lipinski definition) is 3. The normalized spacial score (nSPS) is 18.9. The number of halogens is 1. The lowest BCUT2D eigenvalue weighted by Gasteiger charge is -2.34. The third-order valence-corrected chi connectivity index (χ3v) is 5.47. The van der Waals surface area contributed by atoms with E-state index in [0.717, 1.165) is 41.7 Å². The zero-order chi connectivity index (χ0) is 18.7. The number of aryl methyl sites for hydroxylation is 1. The molecule has 0 heterocycles. The van der Waals surface area contributed by atoms with Gasteiger partial charge in [-0.15, -0.1) is 0 Å². The van der Waals surface area contributed by atoms with Crippen LogP contribution >= 0.6 is 0 Å². The molecule has 4 heteroatoms. The average molecular weight is 356 g/mol. The molecule has 0 radical (unpaired) electrons. The van der Waals surface area contributed by atoms with Gasteiger partial charge in [0, 0.05) is 17.0 Å². The molecule has 0 spiro atoms. The van der Waals surface area contributed by atoms with E-state index in [1.54, 1.807) is 18.2 Å². The van der Waals surface area contributed by atoms with E-state index < -0.39 is 0 Å². The predicted molar refractivity (Wildman–Crippen MR) is 98.6 cm³/mol. The fraction of sp³-hybridized carbons (Fsp3) is 0.409. The Morgan fingerprint density at radius 2 is 2.04 bits per heavy atom. The number of hydrogen-bond donors (Lipinski definition) is 0. The standard InChI is InChI=1S/C22H25FO3/c1-4-16-9-10-18-14(2)11-20(15(3)21(18)22(16)26-13-24)25-12-17-7-5-6-8-19(17)23/h5-8,11,13,16,22H,4,9-10,12H2,1-3H3/t16-,22-/m1/s1. The molecule has 0 amide bonds. The molecule has 3 nitrogen and oxygen atoms in total. The second kappa shape index (κ2) is 7.90. The van der Waals surface area contributed by atoms with E-state index in [4.69, 9.17) is 9.47 Å². The summed E-state index contributed by atoms with van der Waals surface area (Å²) in [5, 5.41) is 0.